The number of carbonyl (C=O) groups is 1. The number of ether oxygens (including phenoxy) is 3. The molecule has 224 valence electrons. The second-order valence-corrected chi connectivity index (χ2v) is 11.2. The van der Waals surface area contributed by atoms with Crippen LogP contribution in [0.25, 0.3) is 11.1 Å². The molecule has 1 heterocycles. The van der Waals surface area contributed by atoms with Crippen LogP contribution in [0, 0.1) is 11.6 Å². The predicted molar refractivity (Wildman–Crippen MR) is 142 cm³/mol. The van der Waals surface area contributed by atoms with Crippen molar-refractivity contribution in [3.05, 3.63) is 76.4 Å². The van der Waals surface area contributed by atoms with E-state index in [9.17, 15) is 31.9 Å². The summed E-state index contributed by atoms with van der Waals surface area (Å²) >= 11 is 0. The van der Waals surface area contributed by atoms with Gasteiger partial charge in [-0.25, -0.2) is 8.78 Å². The van der Waals surface area contributed by atoms with Crippen molar-refractivity contribution in [2.75, 3.05) is 13.2 Å². The van der Waals surface area contributed by atoms with Gasteiger partial charge in [-0.3, -0.25) is 4.79 Å². The van der Waals surface area contributed by atoms with Crippen molar-refractivity contribution in [1.29, 1.82) is 0 Å². The number of aliphatic carboxylic acids is 1. The van der Waals surface area contributed by atoms with Crippen LogP contribution in [-0.2, 0) is 17.4 Å². The Bertz CT molecular complexity index is 1490. The Morgan fingerprint density at radius 3 is 2.38 bits per heavy atom. The molecule has 6 nitrogen and oxygen atoms in total. The Kier molecular flexibility index (Phi) is 7.82. The van der Waals surface area contributed by atoms with Crippen molar-refractivity contribution < 1.29 is 51.2 Å². The fourth-order valence-corrected chi connectivity index (χ4v) is 5.47. The minimum Gasteiger partial charge on any atom is -0.492 e. The molecule has 0 spiro atoms. The topological polar surface area (TPSA) is 85.2 Å². The summed E-state index contributed by atoms with van der Waals surface area (Å²) in [6.45, 7) is 3.04. The first-order valence-corrected chi connectivity index (χ1v) is 13.4. The zero-order valence-corrected chi connectivity index (χ0v) is 22.9. The summed E-state index contributed by atoms with van der Waals surface area (Å²) < 4.78 is 89.3. The highest BCUT2D eigenvalue weighted by molar-refractivity contribution is 5.75. The molecule has 11 heteroatoms. The average Bonchev–Trinajstić information content (AvgIpc) is 3.47. The summed E-state index contributed by atoms with van der Waals surface area (Å²) in [5.74, 6) is -3.39. The molecule has 2 aliphatic rings. The molecule has 1 aliphatic heterocycles. The molecule has 3 aromatic carbocycles. The van der Waals surface area contributed by atoms with Crippen molar-refractivity contribution in [1.82, 2.24) is 0 Å². The highest BCUT2D eigenvalue weighted by Crippen LogP contribution is 2.47. The van der Waals surface area contributed by atoms with Crippen LogP contribution >= 0.6 is 0 Å². The maximum atomic E-state index is 15.0. The third-order valence-corrected chi connectivity index (χ3v) is 7.47. The van der Waals surface area contributed by atoms with Gasteiger partial charge >= 0.3 is 12.1 Å². The number of aliphatic hydroxyl groups is 1. The van der Waals surface area contributed by atoms with Crippen LogP contribution < -0.4 is 14.2 Å². The molecule has 0 saturated heterocycles. The molecule has 0 radical (unpaired) electrons. The SMILES string of the molecule is CC(C)(O)CCOc1c(F)cc(-c2c(C(F)(F)F)ccc3c2CCC3Oc2ccc3c(c2)OCC3CC(=O)O)cc1F. The van der Waals surface area contributed by atoms with Gasteiger partial charge in [0.2, 0.25) is 0 Å². The van der Waals surface area contributed by atoms with E-state index in [0.29, 0.717) is 23.5 Å². The number of fused-ring (bicyclic) bond motifs is 2. The molecular weight excluding hydrogens is 563 g/mol. The van der Waals surface area contributed by atoms with Crippen molar-refractivity contribution >= 4 is 5.97 Å². The monoisotopic (exact) mass is 592 g/mol. The number of hydrogen-bond donors (Lipinski definition) is 2. The maximum absolute atomic E-state index is 15.0. The lowest BCUT2D eigenvalue weighted by molar-refractivity contribution is -0.138. The number of rotatable bonds is 9. The van der Waals surface area contributed by atoms with E-state index in [0.717, 1.165) is 23.8 Å². The minimum atomic E-state index is -4.79. The van der Waals surface area contributed by atoms with E-state index >= 15 is 0 Å². The van der Waals surface area contributed by atoms with Gasteiger partial charge in [0, 0.05) is 24.0 Å². The summed E-state index contributed by atoms with van der Waals surface area (Å²) in [6.07, 6.45) is -4.92. The van der Waals surface area contributed by atoms with Gasteiger partial charge in [-0.2, -0.15) is 13.2 Å². The summed E-state index contributed by atoms with van der Waals surface area (Å²) in [7, 11) is 0. The number of alkyl halides is 3. The Morgan fingerprint density at radius 1 is 1.05 bits per heavy atom. The fourth-order valence-electron chi connectivity index (χ4n) is 5.47. The second kappa shape index (κ2) is 11.1. The van der Waals surface area contributed by atoms with E-state index in [1.165, 1.54) is 19.9 Å². The van der Waals surface area contributed by atoms with E-state index < -0.39 is 46.8 Å². The standard InChI is InChI=1S/C31H29F5O6/c1-30(2,39)9-10-40-29-23(32)11-16(12-24(29)33)28-21-6-8-25(20(21)5-7-22(28)31(34,35)36)42-18-3-4-19-17(13-27(37)38)15-41-26(19)14-18/h3-5,7,11-12,14,17,25,39H,6,8-10,13,15H2,1-2H3,(H,37,38). The Labute approximate surface area is 238 Å². The van der Waals surface area contributed by atoms with Gasteiger partial charge in [-0.05, 0) is 73.2 Å². The number of benzene rings is 3. The van der Waals surface area contributed by atoms with E-state index in [4.69, 9.17) is 19.3 Å². The first kappa shape index (κ1) is 29.6. The molecule has 0 bridgehead atoms. The number of carboxylic acid groups (broad SMARTS) is 1. The van der Waals surface area contributed by atoms with Crippen LogP contribution in [-0.4, -0.2) is 35.0 Å². The van der Waals surface area contributed by atoms with Gasteiger partial charge < -0.3 is 24.4 Å². The largest absolute Gasteiger partial charge is 0.492 e. The molecule has 1 aliphatic carbocycles. The van der Waals surface area contributed by atoms with Crippen molar-refractivity contribution in [3.63, 3.8) is 0 Å². The van der Waals surface area contributed by atoms with Crippen LogP contribution in [0.4, 0.5) is 22.0 Å². The first-order chi connectivity index (χ1) is 19.7. The minimum absolute atomic E-state index is 0.0807. The maximum Gasteiger partial charge on any atom is 0.417 e. The number of hydrogen-bond acceptors (Lipinski definition) is 5. The number of carboxylic acids is 1. The number of halogens is 5. The Balaban J connectivity index is 1.45. The molecule has 2 unspecified atom stereocenters. The normalized spacial score (nSPS) is 17.9. The van der Waals surface area contributed by atoms with Crippen LogP contribution in [0.1, 0.15) is 67.4 Å². The quantitative estimate of drug-likeness (QED) is 0.256. The first-order valence-electron chi connectivity index (χ1n) is 13.4. The molecule has 42 heavy (non-hydrogen) atoms. The van der Waals surface area contributed by atoms with Gasteiger partial charge in [0.25, 0.3) is 0 Å². The molecule has 2 atom stereocenters. The molecule has 3 aromatic rings. The average molecular weight is 593 g/mol. The van der Waals surface area contributed by atoms with Gasteiger partial charge in [0.1, 0.15) is 17.6 Å². The van der Waals surface area contributed by atoms with Crippen molar-refractivity contribution in [2.45, 2.75) is 63.3 Å². The Hall–Kier alpha value is -3.86. The fraction of sp³-hybridized carbons (Fsp3) is 0.387. The third kappa shape index (κ3) is 6.16. The lowest BCUT2D eigenvalue weighted by atomic mass is 9.91. The van der Waals surface area contributed by atoms with Crippen molar-refractivity contribution in [2.24, 2.45) is 0 Å². The van der Waals surface area contributed by atoms with E-state index in [2.05, 4.69) is 0 Å². The summed E-state index contributed by atoms with van der Waals surface area (Å²) in [5, 5.41) is 18.9. The van der Waals surface area contributed by atoms with Crippen molar-refractivity contribution in [3.8, 4) is 28.4 Å². The van der Waals surface area contributed by atoms with Crippen LogP contribution in [0.2, 0.25) is 0 Å². The molecular formula is C31H29F5O6. The van der Waals surface area contributed by atoms with Gasteiger partial charge in [0.15, 0.2) is 17.4 Å². The summed E-state index contributed by atoms with van der Waals surface area (Å²) in [6, 6.07) is 8.87. The highest BCUT2D eigenvalue weighted by Gasteiger charge is 2.39. The highest BCUT2D eigenvalue weighted by atomic mass is 19.4. The lowest BCUT2D eigenvalue weighted by Gasteiger charge is -2.21. The van der Waals surface area contributed by atoms with Crippen LogP contribution in [0.5, 0.6) is 17.2 Å². The summed E-state index contributed by atoms with van der Waals surface area (Å²) in [5.41, 5.74) is -1.26. The molecule has 5 rings (SSSR count). The molecule has 0 fully saturated rings. The van der Waals surface area contributed by atoms with E-state index in [1.54, 1.807) is 18.2 Å². The third-order valence-electron chi connectivity index (χ3n) is 7.47. The predicted octanol–water partition coefficient (Wildman–Crippen LogP) is 7.21. The smallest absolute Gasteiger partial charge is 0.417 e. The lowest BCUT2D eigenvalue weighted by Crippen LogP contribution is -2.22. The van der Waals surface area contributed by atoms with Crippen LogP contribution in [0.3, 0.4) is 0 Å². The summed E-state index contributed by atoms with van der Waals surface area (Å²) in [4.78, 5) is 11.1. The zero-order valence-electron chi connectivity index (χ0n) is 22.9. The molecule has 0 saturated carbocycles. The van der Waals surface area contributed by atoms with Gasteiger partial charge in [-0.1, -0.05) is 12.1 Å². The van der Waals surface area contributed by atoms with Gasteiger partial charge in [-0.15, -0.1) is 0 Å². The van der Waals surface area contributed by atoms with E-state index in [-0.39, 0.29) is 55.1 Å². The van der Waals surface area contributed by atoms with Crippen LogP contribution in [0.15, 0.2) is 42.5 Å². The Morgan fingerprint density at radius 2 is 1.74 bits per heavy atom. The molecule has 0 aromatic heterocycles. The van der Waals surface area contributed by atoms with Gasteiger partial charge in [0.05, 0.1) is 30.8 Å². The zero-order chi connectivity index (χ0) is 30.4. The molecule has 0 amide bonds. The van der Waals surface area contributed by atoms with E-state index in [1.807, 2.05) is 0 Å². The molecule has 2 N–H and O–H groups in total. The second-order valence-electron chi connectivity index (χ2n) is 11.2.